The van der Waals surface area contributed by atoms with Crippen LogP contribution in [0.3, 0.4) is 0 Å². The van der Waals surface area contributed by atoms with Crippen LogP contribution in [0.4, 0.5) is 5.69 Å². The molecule has 2 N–H and O–H groups in total. The summed E-state index contributed by atoms with van der Waals surface area (Å²) < 4.78 is 5.57. The molecule has 1 aromatic carbocycles. The lowest BCUT2D eigenvalue weighted by atomic mass is 10.00. The second-order valence-corrected chi connectivity index (χ2v) is 9.20. The highest BCUT2D eigenvalue weighted by Gasteiger charge is 2.53. The molecule has 4 heterocycles. The number of likely N-dealkylation sites (N-methyl/N-ethyl adjacent to an activating group) is 1. The van der Waals surface area contributed by atoms with Gasteiger partial charge in [-0.05, 0) is 50.2 Å². The van der Waals surface area contributed by atoms with Crippen molar-refractivity contribution in [3.05, 3.63) is 41.7 Å². The molecule has 2 fully saturated rings. The molecule has 5 aliphatic rings. The largest absolute Gasteiger partial charge is 0.381 e. The lowest BCUT2D eigenvalue weighted by molar-refractivity contribution is -0.123. The molecule has 8 heteroatoms. The first kappa shape index (κ1) is 19.1. The number of carbonyl (C=O) groups excluding carboxylic acids is 1. The van der Waals surface area contributed by atoms with E-state index in [2.05, 4.69) is 20.7 Å². The summed E-state index contributed by atoms with van der Waals surface area (Å²) >= 11 is 0. The van der Waals surface area contributed by atoms with E-state index >= 15 is 0 Å². The van der Waals surface area contributed by atoms with Crippen molar-refractivity contribution in [1.82, 2.24) is 20.2 Å². The number of para-hydroxylation sites is 1. The highest BCUT2D eigenvalue weighted by Crippen LogP contribution is 2.42. The predicted octanol–water partition coefficient (Wildman–Crippen LogP) is 1.95. The molecule has 164 valence electrons. The highest BCUT2D eigenvalue weighted by atomic mass is 16.5. The Labute approximate surface area is 182 Å². The first-order valence-electron chi connectivity index (χ1n) is 11.5. The molecule has 8 nitrogen and oxygen atoms in total. The zero-order valence-corrected chi connectivity index (χ0v) is 18.0. The third-order valence-electron chi connectivity index (χ3n) is 7.27. The fourth-order valence-electron chi connectivity index (χ4n) is 5.67. The maximum atomic E-state index is 13.5. The van der Waals surface area contributed by atoms with Crippen LogP contribution in [0.2, 0.25) is 0 Å². The minimum atomic E-state index is -0.269. The maximum absolute atomic E-state index is 13.5. The Morgan fingerprint density at radius 3 is 2.77 bits per heavy atom. The smallest absolute Gasteiger partial charge is 0.263 e. The molecule has 31 heavy (non-hydrogen) atoms. The Kier molecular flexibility index (Phi) is 4.65. The molecule has 0 aromatic heterocycles. The monoisotopic (exact) mass is 422 g/mol. The fraction of sp³-hybridized carbons (Fsp3) is 0.565. The summed E-state index contributed by atoms with van der Waals surface area (Å²) in [6, 6.07) is 10.7. The zero-order valence-electron chi connectivity index (χ0n) is 18.0. The van der Waals surface area contributed by atoms with Crippen molar-refractivity contribution < 1.29 is 9.53 Å². The van der Waals surface area contributed by atoms with E-state index < -0.39 is 0 Å². The van der Waals surface area contributed by atoms with Crippen LogP contribution < -0.4 is 10.7 Å². The van der Waals surface area contributed by atoms with Crippen LogP contribution in [0, 0.1) is 5.92 Å². The van der Waals surface area contributed by atoms with Crippen LogP contribution in [0.5, 0.6) is 0 Å². The number of nitrogens with one attached hydrogen (secondary N) is 2. The van der Waals surface area contributed by atoms with Crippen molar-refractivity contribution in [2.75, 3.05) is 32.1 Å². The molecule has 1 amide bonds. The van der Waals surface area contributed by atoms with Crippen LogP contribution in [-0.4, -0.2) is 71.7 Å². The first-order chi connectivity index (χ1) is 15.2. The van der Waals surface area contributed by atoms with Gasteiger partial charge in [0.05, 0.1) is 17.7 Å². The number of amides is 1. The first-order valence-corrected chi connectivity index (χ1v) is 11.5. The molecule has 1 saturated heterocycles. The average Bonchev–Trinajstić information content (AvgIpc) is 3.47. The molecular formula is C23H30N6O2. The van der Waals surface area contributed by atoms with Crippen molar-refractivity contribution in [1.29, 1.82) is 0 Å². The van der Waals surface area contributed by atoms with Gasteiger partial charge in [-0.25, -0.2) is 10.4 Å². The Balaban J connectivity index is 1.38. The Hall–Kier alpha value is -2.58. The van der Waals surface area contributed by atoms with Crippen LogP contribution in [0.1, 0.15) is 32.1 Å². The average molecular weight is 423 g/mol. The topological polar surface area (TPSA) is 72.4 Å². The number of guanidine groups is 1. The third-order valence-corrected chi connectivity index (χ3v) is 7.27. The minimum absolute atomic E-state index is 0.0281. The Bertz CT molecular complexity index is 925. The molecule has 4 aliphatic heterocycles. The predicted molar refractivity (Wildman–Crippen MR) is 118 cm³/mol. The van der Waals surface area contributed by atoms with E-state index in [0.29, 0.717) is 18.0 Å². The summed E-state index contributed by atoms with van der Waals surface area (Å²) in [6.45, 7) is 2.51. The summed E-state index contributed by atoms with van der Waals surface area (Å²) in [5.74, 6) is 2.40. The van der Waals surface area contributed by atoms with Crippen molar-refractivity contribution in [3.63, 3.8) is 0 Å². The van der Waals surface area contributed by atoms with Gasteiger partial charge in [0.2, 0.25) is 5.96 Å². The van der Waals surface area contributed by atoms with E-state index in [1.54, 1.807) is 4.90 Å². The standard InChI is InChI=1S/C23H30N6O2/c1-27-22(30)19-20(24-16-6-3-2-4-7-16)26-28(14-15-10-12-31-13-11-15)21(19)29-18-9-5-8-17(18)25-23(27)29/h2-4,6-7,15,17-18,20,24,26H,5,8-14H2,1H3/t17-,18+,20?/m1/s1. The van der Waals surface area contributed by atoms with Gasteiger partial charge in [0.1, 0.15) is 12.0 Å². The second kappa shape index (κ2) is 7.53. The van der Waals surface area contributed by atoms with Gasteiger partial charge in [-0.1, -0.05) is 18.2 Å². The molecule has 6 rings (SSSR count). The summed E-state index contributed by atoms with van der Waals surface area (Å²) in [5, 5.41) is 5.78. The van der Waals surface area contributed by atoms with Crippen molar-refractivity contribution >= 4 is 17.6 Å². The Morgan fingerprint density at radius 2 is 1.97 bits per heavy atom. The second-order valence-electron chi connectivity index (χ2n) is 9.20. The van der Waals surface area contributed by atoms with Crippen LogP contribution in [0.15, 0.2) is 46.7 Å². The zero-order chi connectivity index (χ0) is 20.9. The van der Waals surface area contributed by atoms with Gasteiger partial charge in [0, 0.05) is 32.5 Å². The van der Waals surface area contributed by atoms with Crippen molar-refractivity contribution in [2.45, 2.75) is 50.4 Å². The summed E-state index contributed by atoms with van der Waals surface area (Å²) in [7, 11) is 1.86. The number of hydrazine groups is 1. The van der Waals surface area contributed by atoms with E-state index in [1.165, 1.54) is 6.42 Å². The number of rotatable bonds is 4. The molecular weight excluding hydrogens is 392 g/mol. The normalized spacial score (nSPS) is 30.5. The lowest BCUT2D eigenvalue weighted by Crippen LogP contribution is -2.54. The number of hydrogen-bond donors (Lipinski definition) is 2. The van der Waals surface area contributed by atoms with E-state index in [9.17, 15) is 4.79 Å². The summed E-state index contributed by atoms with van der Waals surface area (Å²) in [5.41, 5.74) is 5.43. The van der Waals surface area contributed by atoms with Crippen LogP contribution in [-0.2, 0) is 9.53 Å². The minimum Gasteiger partial charge on any atom is -0.381 e. The van der Waals surface area contributed by atoms with Crippen LogP contribution in [0.25, 0.3) is 0 Å². The van der Waals surface area contributed by atoms with Crippen molar-refractivity contribution in [3.8, 4) is 0 Å². The van der Waals surface area contributed by atoms with Gasteiger partial charge in [-0.2, -0.15) is 0 Å². The van der Waals surface area contributed by atoms with Gasteiger partial charge in [0.15, 0.2) is 0 Å². The Morgan fingerprint density at radius 1 is 1.16 bits per heavy atom. The SMILES string of the molecule is CN1C(=O)C2=C(N(CC3CCOCC3)NC2Nc2ccccc2)N2C1=N[C@@H]1CCC[C@@H]12. The molecule has 0 radical (unpaired) electrons. The molecule has 0 bridgehead atoms. The maximum Gasteiger partial charge on any atom is 0.263 e. The van der Waals surface area contributed by atoms with Gasteiger partial charge < -0.3 is 10.1 Å². The molecule has 0 spiro atoms. The number of nitrogens with zero attached hydrogens (tertiary/aromatic N) is 4. The van der Waals surface area contributed by atoms with Gasteiger partial charge in [-0.3, -0.25) is 19.6 Å². The number of carbonyl (C=O) groups is 1. The van der Waals surface area contributed by atoms with Crippen molar-refractivity contribution in [2.24, 2.45) is 10.9 Å². The fourth-order valence-corrected chi connectivity index (χ4v) is 5.67. The number of anilines is 1. The van der Waals surface area contributed by atoms with Crippen LogP contribution >= 0.6 is 0 Å². The molecule has 1 aliphatic carbocycles. The summed E-state index contributed by atoms with van der Waals surface area (Å²) in [6.07, 6.45) is 5.26. The number of ether oxygens (including phenoxy) is 1. The van der Waals surface area contributed by atoms with Gasteiger partial charge in [0.25, 0.3) is 5.91 Å². The van der Waals surface area contributed by atoms with E-state index in [4.69, 9.17) is 9.73 Å². The quantitative estimate of drug-likeness (QED) is 0.773. The van der Waals surface area contributed by atoms with Gasteiger partial charge in [-0.15, -0.1) is 0 Å². The molecule has 1 unspecified atom stereocenters. The van der Waals surface area contributed by atoms with E-state index in [-0.39, 0.29) is 12.1 Å². The van der Waals surface area contributed by atoms with E-state index in [0.717, 1.165) is 68.5 Å². The molecule has 1 saturated carbocycles. The third kappa shape index (κ3) is 3.11. The number of hydrogen-bond acceptors (Lipinski definition) is 7. The van der Waals surface area contributed by atoms with E-state index in [1.807, 2.05) is 37.4 Å². The summed E-state index contributed by atoms with van der Waals surface area (Å²) in [4.78, 5) is 22.6. The highest BCUT2D eigenvalue weighted by molar-refractivity contribution is 6.10. The lowest BCUT2D eigenvalue weighted by Gasteiger charge is -2.40. The molecule has 3 atom stereocenters. The number of fused-ring (bicyclic) bond motifs is 4. The van der Waals surface area contributed by atoms with Gasteiger partial charge >= 0.3 is 0 Å². The number of aliphatic imine (C=N–C) groups is 1. The number of benzene rings is 1. The molecule has 1 aromatic rings.